The molecule has 8 heteroatoms. The molecular weight excluding hydrogens is 399 g/mol. The molecule has 0 amide bonds. The van der Waals surface area contributed by atoms with Gasteiger partial charge in [-0.05, 0) is 36.6 Å². The van der Waals surface area contributed by atoms with E-state index >= 15 is 0 Å². The Morgan fingerprint density at radius 1 is 1.16 bits per heavy atom. The third-order valence-corrected chi connectivity index (χ3v) is 5.23. The summed E-state index contributed by atoms with van der Waals surface area (Å²) in [7, 11) is 0. The Hall–Kier alpha value is -3.94. The average Bonchev–Trinajstić information content (AvgIpc) is 3.16. The van der Waals surface area contributed by atoms with Gasteiger partial charge in [0.2, 0.25) is 5.88 Å². The van der Waals surface area contributed by atoms with E-state index in [0.29, 0.717) is 12.8 Å². The molecule has 0 spiro atoms. The summed E-state index contributed by atoms with van der Waals surface area (Å²) in [5, 5.41) is 11.7. The lowest BCUT2D eigenvalue weighted by molar-refractivity contribution is 0.427. The minimum atomic E-state index is -0.935. The van der Waals surface area contributed by atoms with Gasteiger partial charge in [0.1, 0.15) is 11.4 Å². The van der Waals surface area contributed by atoms with Crippen LogP contribution in [0.2, 0.25) is 0 Å². The van der Waals surface area contributed by atoms with Crippen molar-refractivity contribution in [2.24, 2.45) is 4.99 Å². The number of H-pyrrole nitrogens is 2. The second-order valence-electron chi connectivity index (χ2n) is 7.19. The molecule has 0 aliphatic carbocycles. The molecule has 1 atom stereocenters. The summed E-state index contributed by atoms with van der Waals surface area (Å²) in [5.74, 6) is -1.37. The number of aromatic nitrogens is 3. The highest BCUT2D eigenvalue weighted by Crippen LogP contribution is 2.21. The van der Waals surface area contributed by atoms with Crippen molar-refractivity contribution in [2.45, 2.75) is 25.8 Å². The molecular formula is C23H21FN4O3. The third-order valence-electron chi connectivity index (χ3n) is 5.23. The fourth-order valence-corrected chi connectivity index (χ4v) is 3.55. The normalized spacial score (nSPS) is 12.6. The molecule has 1 unspecified atom stereocenters. The van der Waals surface area contributed by atoms with Gasteiger partial charge in [-0.25, -0.2) is 13.8 Å². The van der Waals surface area contributed by atoms with Crippen molar-refractivity contribution in [1.82, 2.24) is 14.5 Å². The third kappa shape index (κ3) is 3.92. The van der Waals surface area contributed by atoms with Crippen LogP contribution in [0.25, 0.3) is 16.6 Å². The van der Waals surface area contributed by atoms with E-state index in [9.17, 15) is 19.1 Å². The Bertz CT molecular complexity index is 1380. The van der Waals surface area contributed by atoms with Crippen molar-refractivity contribution < 1.29 is 9.50 Å². The molecule has 0 bridgehead atoms. The first kappa shape index (κ1) is 20.3. The van der Waals surface area contributed by atoms with Crippen molar-refractivity contribution in [3.63, 3.8) is 0 Å². The zero-order valence-electron chi connectivity index (χ0n) is 16.8. The zero-order valence-corrected chi connectivity index (χ0v) is 16.8. The number of para-hydroxylation sites is 2. The van der Waals surface area contributed by atoms with Crippen LogP contribution >= 0.6 is 0 Å². The van der Waals surface area contributed by atoms with Crippen LogP contribution in [0.1, 0.15) is 24.5 Å². The lowest BCUT2D eigenvalue weighted by Gasteiger charge is -2.12. The maximum Gasteiger partial charge on any atom is 0.335 e. The van der Waals surface area contributed by atoms with E-state index in [1.54, 1.807) is 0 Å². The molecule has 0 saturated heterocycles. The molecule has 3 N–H and O–H groups in total. The highest BCUT2D eigenvalue weighted by atomic mass is 19.1. The maximum atomic E-state index is 14.2. The lowest BCUT2D eigenvalue weighted by atomic mass is 10.0. The molecule has 2 aromatic heterocycles. The van der Waals surface area contributed by atoms with Gasteiger partial charge in [-0.3, -0.25) is 14.8 Å². The first-order valence-corrected chi connectivity index (χ1v) is 9.91. The molecule has 31 heavy (non-hydrogen) atoms. The Morgan fingerprint density at radius 2 is 1.90 bits per heavy atom. The molecule has 4 rings (SSSR count). The topological polar surface area (TPSA) is 103 Å². The molecule has 0 fully saturated rings. The second-order valence-corrected chi connectivity index (χ2v) is 7.19. The summed E-state index contributed by atoms with van der Waals surface area (Å²) in [6, 6.07) is 13.3. The van der Waals surface area contributed by atoms with Crippen LogP contribution in [0, 0.1) is 5.82 Å². The number of rotatable bonds is 6. The zero-order chi connectivity index (χ0) is 22.0. The lowest BCUT2D eigenvalue weighted by Crippen LogP contribution is -2.32. The summed E-state index contributed by atoms with van der Waals surface area (Å²) in [6.07, 6.45) is 4.50. The molecule has 158 valence electrons. The summed E-state index contributed by atoms with van der Waals surface area (Å²) in [4.78, 5) is 34.3. The van der Waals surface area contributed by atoms with E-state index in [4.69, 9.17) is 0 Å². The van der Waals surface area contributed by atoms with Crippen LogP contribution in [-0.4, -0.2) is 31.9 Å². The molecule has 7 nitrogen and oxygen atoms in total. The number of hydrogen-bond acceptors (Lipinski definition) is 4. The van der Waals surface area contributed by atoms with Crippen molar-refractivity contribution in [3.8, 4) is 11.6 Å². The van der Waals surface area contributed by atoms with Crippen LogP contribution in [-0.2, 0) is 6.42 Å². The van der Waals surface area contributed by atoms with Gasteiger partial charge in [0.15, 0.2) is 0 Å². The summed E-state index contributed by atoms with van der Waals surface area (Å²) in [5.41, 5.74) is 0.0229. The van der Waals surface area contributed by atoms with E-state index in [0.717, 1.165) is 27.1 Å². The highest BCUT2D eigenvalue weighted by molar-refractivity contribution is 5.84. The fraction of sp³-hybridized carbons (Fsp3) is 0.174. The van der Waals surface area contributed by atoms with Crippen molar-refractivity contribution in [1.29, 1.82) is 0 Å². The van der Waals surface area contributed by atoms with Gasteiger partial charge < -0.3 is 10.1 Å². The molecule has 0 radical (unpaired) electrons. The standard InChI is InChI=1S/C23H21FN4O3/c1-2-15(11-14-12-26-19-9-5-3-7-16(14)19)25-13-17-21(29)27-23(31)28(22(17)30)20-10-6-4-8-18(20)24/h3-10,12-13,15,26,30H,2,11H2,1H3,(H,27,29,31). The number of benzene rings is 2. The Morgan fingerprint density at radius 3 is 2.68 bits per heavy atom. The predicted molar refractivity (Wildman–Crippen MR) is 118 cm³/mol. The largest absolute Gasteiger partial charge is 0.493 e. The predicted octanol–water partition coefficient (Wildman–Crippen LogP) is 3.29. The summed E-state index contributed by atoms with van der Waals surface area (Å²) in [6.45, 7) is 1.97. The molecule has 0 aliphatic rings. The van der Waals surface area contributed by atoms with Crippen molar-refractivity contribution in [3.05, 3.63) is 92.5 Å². The highest BCUT2D eigenvalue weighted by Gasteiger charge is 2.17. The summed E-state index contributed by atoms with van der Waals surface area (Å²) < 4.78 is 14.9. The number of nitrogens with one attached hydrogen (secondary N) is 2. The van der Waals surface area contributed by atoms with Gasteiger partial charge in [0, 0.05) is 23.3 Å². The number of nitrogens with zero attached hydrogens (tertiary/aromatic N) is 2. The van der Waals surface area contributed by atoms with Gasteiger partial charge in [-0.1, -0.05) is 37.3 Å². The quantitative estimate of drug-likeness (QED) is 0.417. The van der Waals surface area contributed by atoms with Crippen LogP contribution < -0.4 is 11.2 Å². The molecule has 2 heterocycles. The van der Waals surface area contributed by atoms with Gasteiger partial charge >= 0.3 is 5.69 Å². The molecule has 0 aliphatic heterocycles. The molecule has 0 saturated carbocycles. The first-order chi connectivity index (χ1) is 15.0. The van der Waals surface area contributed by atoms with Gasteiger partial charge in [0.25, 0.3) is 5.56 Å². The van der Waals surface area contributed by atoms with Crippen molar-refractivity contribution >= 4 is 17.1 Å². The smallest absolute Gasteiger partial charge is 0.335 e. The van der Waals surface area contributed by atoms with E-state index in [2.05, 4.69) is 15.0 Å². The number of aliphatic imine (C=N–C) groups is 1. The van der Waals surface area contributed by atoms with Crippen LogP contribution in [0.4, 0.5) is 4.39 Å². The minimum absolute atomic E-state index is 0.160. The van der Waals surface area contributed by atoms with Gasteiger partial charge in [-0.15, -0.1) is 0 Å². The van der Waals surface area contributed by atoms with Gasteiger partial charge in [-0.2, -0.15) is 0 Å². The summed E-state index contributed by atoms with van der Waals surface area (Å²) >= 11 is 0. The van der Waals surface area contributed by atoms with Gasteiger partial charge in [0.05, 0.1) is 11.7 Å². The maximum absolute atomic E-state index is 14.2. The monoisotopic (exact) mass is 420 g/mol. The minimum Gasteiger partial charge on any atom is -0.493 e. The van der Waals surface area contributed by atoms with Crippen LogP contribution in [0.15, 0.2) is 69.3 Å². The Kier molecular flexibility index (Phi) is 5.53. The number of fused-ring (bicyclic) bond motifs is 1. The number of aromatic hydroxyl groups is 1. The Labute approximate surface area is 176 Å². The van der Waals surface area contributed by atoms with Crippen molar-refractivity contribution in [2.75, 3.05) is 0 Å². The number of aromatic amines is 2. The Balaban J connectivity index is 1.69. The SMILES string of the molecule is CCC(Cc1c[nH]c2ccccc12)N=Cc1c(O)n(-c2ccccc2F)c(=O)[nH]c1=O. The number of hydrogen-bond donors (Lipinski definition) is 3. The van der Waals surface area contributed by atoms with E-state index < -0.39 is 22.9 Å². The second kappa shape index (κ2) is 8.43. The van der Waals surface area contributed by atoms with Crippen LogP contribution in [0.5, 0.6) is 5.88 Å². The number of halogens is 1. The molecule has 2 aromatic carbocycles. The van der Waals surface area contributed by atoms with Crippen LogP contribution in [0.3, 0.4) is 0 Å². The first-order valence-electron chi connectivity index (χ1n) is 9.91. The average molecular weight is 420 g/mol. The fourth-order valence-electron chi connectivity index (χ4n) is 3.55. The van der Waals surface area contributed by atoms with E-state index in [1.165, 1.54) is 24.4 Å². The van der Waals surface area contributed by atoms with E-state index in [-0.39, 0.29) is 17.3 Å². The van der Waals surface area contributed by atoms with E-state index in [1.807, 2.05) is 37.4 Å². The molecule has 4 aromatic rings.